The van der Waals surface area contributed by atoms with E-state index < -0.39 is 0 Å². The number of benzene rings is 1. The van der Waals surface area contributed by atoms with Gasteiger partial charge in [-0.05, 0) is 30.5 Å². The highest BCUT2D eigenvalue weighted by atomic mass is 15.4. The Hall–Kier alpha value is -2.36. The van der Waals surface area contributed by atoms with Crippen molar-refractivity contribution in [3.8, 4) is 0 Å². The summed E-state index contributed by atoms with van der Waals surface area (Å²) in [6.45, 7) is 4.56. The Bertz CT molecular complexity index is 763. The average molecular weight is 306 g/mol. The Kier molecular flexibility index (Phi) is 3.15. The summed E-state index contributed by atoms with van der Waals surface area (Å²) in [5, 5.41) is 0. The van der Waals surface area contributed by atoms with Crippen LogP contribution in [0.25, 0.3) is 0 Å². The molecule has 3 heterocycles. The zero-order valence-corrected chi connectivity index (χ0v) is 13.9. The van der Waals surface area contributed by atoms with Crippen LogP contribution in [0.5, 0.6) is 0 Å². The van der Waals surface area contributed by atoms with E-state index in [0.717, 1.165) is 24.3 Å². The van der Waals surface area contributed by atoms with Crippen LogP contribution in [-0.2, 0) is 5.41 Å². The second kappa shape index (κ2) is 5.08. The van der Waals surface area contributed by atoms with Crippen molar-refractivity contribution < 1.29 is 0 Å². The van der Waals surface area contributed by atoms with Gasteiger partial charge in [-0.1, -0.05) is 38.1 Å². The highest BCUT2D eigenvalue weighted by Crippen LogP contribution is 2.49. The van der Waals surface area contributed by atoms with Gasteiger partial charge in [-0.25, -0.2) is 9.97 Å². The molecule has 1 unspecified atom stereocenters. The number of fused-ring (bicyclic) bond motifs is 5. The van der Waals surface area contributed by atoms with Crippen LogP contribution in [0.1, 0.15) is 32.3 Å². The molecule has 1 atom stereocenters. The first-order valence-electron chi connectivity index (χ1n) is 8.33. The van der Waals surface area contributed by atoms with E-state index in [0.29, 0.717) is 0 Å². The first kappa shape index (κ1) is 14.2. The maximum absolute atomic E-state index is 4.48. The number of allylic oxidation sites excluding steroid dienone is 1. The van der Waals surface area contributed by atoms with Crippen molar-refractivity contribution in [2.75, 3.05) is 16.8 Å². The number of rotatable bonds is 2. The number of likely N-dealkylation sites (N-methyl/N-ethyl adjacent to an activating group) is 1. The van der Waals surface area contributed by atoms with Gasteiger partial charge in [0.2, 0.25) is 0 Å². The summed E-state index contributed by atoms with van der Waals surface area (Å²) < 4.78 is 0. The van der Waals surface area contributed by atoms with E-state index in [1.165, 1.54) is 11.3 Å². The topological polar surface area (TPSA) is 32.3 Å². The van der Waals surface area contributed by atoms with Gasteiger partial charge in [0, 0.05) is 18.2 Å². The monoisotopic (exact) mass is 306 g/mol. The molecule has 0 bridgehead atoms. The van der Waals surface area contributed by atoms with Crippen LogP contribution in [0, 0.1) is 0 Å². The van der Waals surface area contributed by atoms with Gasteiger partial charge in [0.15, 0.2) is 5.82 Å². The molecule has 118 valence electrons. The number of hydrogen-bond acceptors (Lipinski definition) is 4. The number of hydrogen-bond donors (Lipinski definition) is 0. The summed E-state index contributed by atoms with van der Waals surface area (Å²) in [6.07, 6.45) is 10.6. The van der Waals surface area contributed by atoms with E-state index in [9.17, 15) is 0 Å². The van der Waals surface area contributed by atoms with E-state index in [1.54, 1.807) is 6.33 Å². The molecule has 4 rings (SSSR count). The molecule has 0 amide bonds. The van der Waals surface area contributed by atoms with Crippen molar-refractivity contribution >= 4 is 17.2 Å². The fourth-order valence-electron chi connectivity index (χ4n) is 4.02. The summed E-state index contributed by atoms with van der Waals surface area (Å²) >= 11 is 0. The lowest BCUT2D eigenvalue weighted by molar-refractivity contribution is 0.499. The number of para-hydroxylation sites is 1. The minimum atomic E-state index is 0.0948. The molecule has 2 aliphatic heterocycles. The van der Waals surface area contributed by atoms with Gasteiger partial charge in [-0.3, -0.25) is 0 Å². The smallest absolute Gasteiger partial charge is 0.157 e. The number of aromatic nitrogens is 2. The molecule has 0 N–H and O–H groups in total. The summed E-state index contributed by atoms with van der Waals surface area (Å²) in [5.74, 6) is 0.991. The largest absolute Gasteiger partial charge is 0.334 e. The third-order valence-electron chi connectivity index (χ3n) is 5.48. The Morgan fingerprint density at radius 1 is 1.13 bits per heavy atom. The van der Waals surface area contributed by atoms with E-state index >= 15 is 0 Å². The van der Waals surface area contributed by atoms with E-state index in [2.05, 4.69) is 77.1 Å². The zero-order valence-electron chi connectivity index (χ0n) is 13.9. The minimum Gasteiger partial charge on any atom is -0.334 e. The van der Waals surface area contributed by atoms with E-state index in [-0.39, 0.29) is 11.6 Å². The van der Waals surface area contributed by atoms with Crippen molar-refractivity contribution in [3.05, 3.63) is 54.5 Å². The summed E-state index contributed by atoms with van der Waals surface area (Å²) in [5.41, 5.74) is 3.85. The zero-order chi connectivity index (χ0) is 16.0. The third kappa shape index (κ3) is 1.84. The highest BCUT2D eigenvalue weighted by Gasteiger charge is 2.41. The Morgan fingerprint density at radius 2 is 1.91 bits per heavy atom. The Balaban J connectivity index is 1.99. The average Bonchev–Trinajstić information content (AvgIpc) is 2.80. The Morgan fingerprint density at radius 3 is 2.70 bits per heavy atom. The molecule has 4 nitrogen and oxygen atoms in total. The third-order valence-corrected chi connectivity index (χ3v) is 5.48. The molecular weight excluding hydrogens is 284 g/mol. The predicted octanol–water partition coefficient (Wildman–Crippen LogP) is 4.02. The molecule has 0 spiro atoms. The van der Waals surface area contributed by atoms with Gasteiger partial charge in [-0.15, -0.1) is 0 Å². The van der Waals surface area contributed by atoms with Crippen LogP contribution >= 0.6 is 0 Å². The van der Waals surface area contributed by atoms with Crippen LogP contribution in [0.3, 0.4) is 0 Å². The normalized spacial score (nSPS) is 20.7. The van der Waals surface area contributed by atoms with Gasteiger partial charge in [-0.2, -0.15) is 0 Å². The van der Waals surface area contributed by atoms with Crippen LogP contribution in [0.2, 0.25) is 0 Å². The fraction of sp³-hybridized carbons (Fsp3) is 0.368. The van der Waals surface area contributed by atoms with Crippen molar-refractivity contribution in [1.82, 2.24) is 9.97 Å². The SMILES string of the molecule is CCC1(CC)C=CC2N(C)c3ncncc3N2c2ccccc21. The first-order valence-corrected chi connectivity index (χ1v) is 8.33. The molecule has 2 aliphatic rings. The molecule has 0 saturated carbocycles. The molecular formula is C19H22N4. The lowest BCUT2D eigenvalue weighted by Crippen LogP contribution is -2.36. The van der Waals surface area contributed by atoms with Crippen LogP contribution in [0.4, 0.5) is 17.2 Å². The van der Waals surface area contributed by atoms with Gasteiger partial charge in [0.25, 0.3) is 0 Å². The van der Waals surface area contributed by atoms with E-state index in [1.807, 2.05) is 6.20 Å². The lowest BCUT2D eigenvalue weighted by Gasteiger charge is -2.32. The van der Waals surface area contributed by atoms with Crippen molar-refractivity contribution in [1.29, 1.82) is 0 Å². The van der Waals surface area contributed by atoms with Gasteiger partial charge < -0.3 is 9.80 Å². The predicted molar refractivity (Wildman–Crippen MR) is 94.2 cm³/mol. The molecule has 0 radical (unpaired) electrons. The molecule has 0 aliphatic carbocycles. The lowest BCUT2D eigenvalue weighted by atomic mass is 9.75. The minimum absolute atomic E-state index is 0.0948. The summed E-state index contributed by atoms with van der Waals surface area (Å²) in [4.78, 5) is 13.3. The first-order chi connectivity index (χ1) is 11.2. The molecule has 1 aromatic carbocycles. The van der Waals surface area contributed by atoms with Gasteiger partial charge in [0.1, 0.15) is 18.2 Å². The quantitative estimate of drug-likeness (QED) is 0.785. The molecule has 4 heteroatoms. The molecule has 23 heavy (non-hydrogen) atoms. The number of nitrogens with zero attached hydrogens (tertiary/aromatic N) is 4. The van der Waals surface area contributed by atoms with Crippen molar-refractivity contribution in [2.24, 2.45) is 0 Å². The molecule has 0 saturated heterocycles. The molecule has 0 fully saturated rings. The number of anilines is 3. The van der Waals surface area contributed by atoms with Crippen molar-refractivity contribution in [2.45, 2.75) is 38.3 Å². The van der Waals surface area contributed by atoms with Gasteiger partial charge >= 0.3 is 0 Å². The standard InChI is InChI=1S/C19H22N4/c1-4-19(5-2)11-10-17-22(3)18-16(12-20-13-21-18)23(17)15-9-7-6-8-14(15)19/h6-13,17H,4-5H2,1-3H3. The molecule has 2 aromatic rings. The van der Waals surface area contributed by atoms with Crippen molar-refractivity contribution in [3.63, 3.8) is 0 Å². The highest BCUT2D eigenvalue weighted by molar-refractivity contribution is 5.83. The Labute approximate surface area is 137 Å². The fourth-order valence-corrected chi connectivity index (χ4v) is 4.02. The summed E-state index contributed by atoms with van der Waals surface area (Å²) in [7, 11) is 2.11. The van der Waals surface area contributed by atoms with Crippen LogP contribution in [-0.4, -0.2) is 23.2 Å². The van der Waals surface area contributed by atoms with E-state index in [4.69, 9.17) is 0 Å². The summed E-state index contributed by atoms with van der Waals surface area (Å²) in [6, 6.07) is 8.77. The molecule has 1 aromatic heterocycles. The maximum Gasteiger partial charge on any atom is 0.157 e. The van der Waals surface area contributed by atoms with Crippen LogP contribution in [0.15, 0.2) is 48.9 Å². The van der Waals surface area contributed by atoms with Crippen LogP contribution < -0.4 is 9.80 Å². The van der Waals surface area contributed by atoms with Gasteiger partial charge in [0.05, 0.1) is 6.20 Å². The maximum atomic E-state index is 4.48. The second-order valence-corrected chi connectivity index (χ2v) is 6.37. The second-order valence-electron chi connectivity index (χ2n) is 6.37.